The molecular weight excluding hydrogens is 603 g/mol. The number of ether oxygens (including phenoxy) is 2. The number of carbonyl (C=O) groups excluding carboxylic acids is 1. The number of aliphatic imine (C=N–C) groups is 1. The van der Waals surface area contributed by atoms with Crippen molar-refractivity contribution in [1.82, 2.24) is 5.32 Å². The second-order valence-corrected chi connectivity index (χ2v) is 9.79. The van der Waals surface area contributed by atoms with E-state index in [0.29, 0.717) is 28.2 Å². The van der Waals surface area contributed by atoms with Crippen molar-refractivity contribution in [2.24, 2.45) is 4.99 Å². The third kappa shape index (κ3) is 5.54. The smallest absolute Gasteiger partial charge is 0.264 e. The summed E-state index contributed by atoms with van der Waals surface area (Å²) in [4.78, 5) is 17.6. The molecule has 1 aliphatic heterocycles. The summed E-state index contributed by atoms with van der Waals surface area (Å²) in [7, 11) is 1.59. The van der Waals surface area contributed by atoms with Gasteiger partial charge in [0.15, 0.2) is 16.7 Å². The van der Waals surface area contributed by atoms with Crippen LogP contribution in [0.25, 0.3) is 6.08 Å². The maximum atomic E-state index is 12.5. The largest absolute Gasteiger partial charge is 0.493 e. The Morgan fingerprint density at radius 1 is 1.12 bits per heavy atom. The first-order valence-corrected chi connectivity index (χ1v) is 12.3. The van der Waals surface area contributed by atoms with Gasteiger partial charge in [0.1, 0.15) is 6.61 Å². The molecule has 1 aliphatic rings. The first-order chi connectivity index (χ1) is 15.5. The van der Waals surface area contributed by atoms with Crippen molar-refractivity contribution in [2.45, 2.75) is 6.61 Å². The molecule has 0 spiro atoms. The molecule has 162 valence electrons. The van der Waals surface area contributed by atoms with Crippen LogP contribution in [0, 0.1) is 3.57 Å². The third-order valence-corrected chi connectivity index (χ3v) is 6.91. The van der Waals surface area contributed by atoms with E-state index < -0.39 is 0 Å². The second kappa shape index (κ2) is 10.5. The summed E-state index contributed by atoms with van der Waals surface area (Å²) in [5.41, 5.74) is 2.70. The van der Waals surface area contributed by atoms with E-state index >= 15 is 0 Å². The molecule has 0 aromatic heterocycles. The minimum absolute atomic E-state index is 0.181. The van der Waals surface area contributed by atoms with Gasteiger partial charge < -0.3 is 14.8 Å². The lowest BCUT2D eigenvalue weighted by Crippen LogP contribution is -2.19. The maximum Gasteiger partial charge on any atom is 0.264 e. The molecule has 1 N–H and O–H groups in total. The normalized spacial score (nSPS) is 15.8. The Morgan fingerprint density at radius 2 is 1.88 bits per heavy atom. The minimum Gasteiger partial charge on any atom is -0.493 e. The number of rotatable bonds is 6. The van der Waals surface area contributed by atoms with E-state index in [1.807, 2.05) is 72.8 Å². The van der Waals surface area contributed by atoms with Crippen LogP contribution >= 0.6 is 50.3 Å². The van der Waals surface area contributed by atoms with Crippen molar-refractivity contribution in [3.8, 4) is 11.5 Å². The van der Waals surface area contributed by atoms with Crippen LogP contribution in [0.4, 0.5) is 5.69 Å². The predicted molar refractivity (Wildman–Crippen MR) is 141 cm³/mol. The maximum absolute atomic E-state index is 12.5. The fourth-order valence-electron chi connectivity index (χ4n) is 2.98. The highest BCUT2D eigenvalue weighted by Gasteiger charge is 2.24. The Kier molecular flexibility index (Phi) is 7.54. The van der Waals surface area contributed by atoms with Crippen LogP contribution in [0.1, 0.15) is 11.1 Å². The molecule has 0 unspecified atom stereocenters. The molecule has 3 aromatic carbocycles. The van der Waals surface area contributed by atoms with Gasteiger partial charge in [-0.15, -0.1) is 0 Å². The number of halogens is 2. The Balaban J connectivity index is 1.55. The zero-order chi connectivity index (χ0) is 22.5. The number of amides is 1. The fourth-order valence-corrected chi connectivity index (χ4v) is 4.89. The molecule has 32 heavy (non-hydrogen) atoms. The van der Waals surface area contributed by atoms with Gasteiger partial charge in [-0.1, -0.05) is 42.5 Å². The van der Waals surface area contributed by atoms with Crippen LogP contribution in [-0.2, 0) is 11.4 Å². The van der Waals surface area contributed by atoms with Gasteiger partial charge >= 0.3 is 0 Å². The van der Waals surface area contributed by atoms with E-state index in [1.54, 1.807) is 7.11 Å². The monoisotopic (exact) mass is 620 g/mol. The summed E-state index contributed by atoms with van der Waals surface area (Å²) in [6.07, 6.45) is 1.81. The molecular formula is C24H18BrIN2O3S. The van der Waals surface area contributed by atoms with Crippen LogP contribution in [0.3, 0.4) is 0 Å². The lowest BCUT2D eigenvalue weighted by Gasteiger charge is -2.13. The molecule has 0 aliphatic carbocycles. The highest BCUT2D eigenvalue weighted by Crippen LogP contribution is 2.39. The number of nitrogens with one attached hydrogen (secondary N) is 1. The topological polar surface area (TPSA) is 59.9 Å². The number of nitrogens with zero attached hydrogens (tertiary/aromatic N) is 1. The predicted octanol–water partition coefficient (Wildman–Crippen LogP) is 6.53. The van der Waals surface area contributed by atoms with E-state index in [9.17, 15) is 4.79 Å². The van der Waals surface area contributed by atoms with Gasteiger partial charge in [-0.2, -0.15) is 0 Å². The van der Waals surface area contributed by atoms with E-state index in [1.165, 1.54) is 11.8 Å². The van der Waals surface area contributed by atoms with Crippen LogP contribution in [0.2, 0.25) is 0 Å². The van der Waals surface area contributed by atoms with Crippen LogP contribution in [-0.4, -0.2) is 18.2 Å². The van der Waals surface area contributed by atoms with Crippen molar-refractivity contribution in [1.29, 1.82) is 0 Å². The molecule has 1 heterocycles. The lowest BCUT2D eigenvalue weighted by molar-refractivity contribution is -0.115. The van der Waals surface area contributed by atoms with Crippen molar-refractivity contribution < 1.29 is 14.3 Å². The van der Waals surface area contributed by atoms with Crippen molar-refractivity contribution in [3.05, 3.63) is 90.8 Å². The van der Waals surface area contributed by atoms with Crippen molar-refractivity contribution in [2.75, 3.05) is 7.11 Å². The Bertz CT molecular complexity index is 1220. The van der Waals surface area contributed by atoms with Crippen LogP contribution < -0.4 is 14.8 Å². The van der Waals surface area contributed by atoms with Crippen LogP contribution in [0.15, 0.2) is 81.1 Å². The summed E-state index contributed by atoms with van der Waals surface area (Å²) >= 11 is 7.11. The SMILES string of the molecule is COc1cc(/C=C2/SC(=Nc3ccccc3I)NC2=O)cc(Br)c1OCc1ccccc1. The van der Waals surface area contributed by atoms with Gasteiger partial charge in [0.25, 0.3) is 5.91 Å². The number of hydrogen-bond acceptors (Lipinski definition) is 5. The zero-order valence-corrected chi connectivity index (χ0v) is 21.5. The van der Waals surface area contributed by atoms with Crippen LogP contribution in [0.5, 0.6) is 11.5 Å². The summed E-state index contributed by atoms with van der Waals surface area (Å²) in [6, 6.07) is 21.4. The Hall–Kier alpha value is -2.30. The van der Waals surface area contributed by atoms with E-state index in [-0.39, 0.29) is 5.91 Å². The number of amidine groups is 1. The third-order valence-electron chi connectivity index (χ3n) is 4.50. The molecule has 5 nitrogen and oxygen atoms in total. The van der Waals surface area contributed by atoms with Crippen molar-refractivity contribution >= 4 is 73.1 Å². The minimum atomic E-state index is -0.181. The number of carbonyl (C=O) groups is 1. The summed E-state index contributed by atoms with van der Waals surface area (Å²) in [5.74, 6) is 1.01. The number of hydrogen-bond donors (Lipinski definition) is 1. The average Bonchev–Trinajstić information content (AvgIpc) is 3.13. The zero-order valence-electron chi connectivity index (χ0n) is 17.0. The summed E-state index contributed by atoms with van der Waals surface area (Å²) < 4.78 is 13.3. The van der Waals surface area contributed by atoms with Gasteiger partial charge in [0.05, 0.1) is 22.2 Å². The van der Waals surface area contributed by atoms with Gasteiger partial charge in [0.2, 0.25) is 0 Å². The number of benzene rings is 3. The molecule has 0 atom stereocenters. The molecule has 1 saturated heterocycles. The van der Waals surface area contributed by atoms with Gasteiger partial charge in [0, 0.05) is 3.57 Å². The average molecular weight is 621 g/mol. The first kappa shape index (κ1) is 22.9. The van der Waals surface area contributed by atoms with E-state index in [2.05, 4.69) is 48.8 Å². The molecule has 3 aromatic rings. The molecule has 0 bridgehead atoms. The second-order valence-electron chi connectivity index (χ2n) is 6.74. The van der Waals surface area contributed by atoms with E-state index in [0.717, 1.165) is 24.9 Å². The number of methoxy groups -OCH3 is 1. The first-order valence-electron chi connectivity index (χ1n) is 9.62. The fraction of sp³-hybridized carbons (Fsp3) is 0.0833. The highest BCUT2D eigenvalue weighted by molar-refractivity contribution is 14.1. The lowest BCUT2D eigenvalue weighted by atomic mass is 10.2. The quantitative estimate of drug-likeness (QED) is 0.251. The van der Waals surface area contributed by atoms with Gasteiger partial charge in [-0.25, -0.2) is 4.99 Å². The molecule has 1 fully saturated rings. The highest BCUT2D eigenvalue weighted by atomic mass is 127. The van der Waals surface area contributed by atoms with Gasteiger partial charge in [-0.05, 0) is 91.8 Å². The number of para-hydroxylation sites is 1. The van der Waals surface area contributed by atoms with Gasteiger partial charge in [-0.3, -0.25) is 4.79 Å². The Labute approximate surface area is 212 Å². The molecule has 4 rings (SSSR count). The molecule has 0 saturated carbocycles. The molecule has 8 heteroatoms. The summed E-state index contributed by atoms with van der Waals surface area (Å²) in [5, 5.41) is 3.38. The standard InChI is InChI=1S/C24H18BrIN2O3S/c1-30-20-12-16(11-17(25)22(20)31-14-15-7-3-2-4-8-15)13-21-23(29)28-24(32-21)27-19-10-6-5-9-18(19)26/h2-13H,14H2,1H3,(H,27,28,29)/b21-13+. The summed E-state index contributed by atoms with van der Waals surface area (Å²) in [6.45, 7) is 0.423. The van der Waals surface area contributed by atoms with Crippen molar-refractivity contribution in [3.63, 3.8) is 0 Å². The Morgan fingerprint density at radius 3 is 2.62 bits per heavy atom. The molecule has 0 radical (unpaired) electrons. The molecule has 1 amide bonds. The van der Waals surface area contributed by atoms with E-state index in [4.69, 9.17) is 9.47 Å². The number of thioether (sulfide) groups is 1.